The third-order valence-electron chi connectivity index (χ3n) is 2.50. The van der Waals surface area contributed by atoms with Crippen molar-refractivity contribution >= 4 is 27.7 Å². The first-order chi connectivity index (χ1) is 7.85. The summed E-state index contributed by atoms with van der Waals surface area (Å²) in [6.45, 7) is 4.47. The van der Waals surface area contributed by atoms with Gasteiger partial charge in [-0.05, 0) is 18.1 Å². The van der Waals surface area contributed by atoms with Gasteiger partial charge in [-0.3, -0.25) is 0 Å². The van der Waals surface area contributed by atoms with Crippen LogP contribution in [-0.2, 0) is 0 Å². The van der Waals surface area contributed by atoms with Crippen LogP contribution in [0.1, 0.15) is 65.2 Å². The first-order valence-corrected chi connectivity index (χ1v) is 8.54. The molecule has 2 heteroatoms. The van der Waals surface area contributed by atoms with E-state index < -0.39 is 0 Å². The van der Waals surface area contributed by atoms with E-state index in [1.54, 1.807) is 0 Å². The van der Waals surface area contributed by atoms with Gasteiger partial charge >= 0.3 is 0 Å². The largest absolute Gasteiger partial charge is 0.0916 e. The average molecular weight is 305 g/mol. The number of alkyl halides is 1. The fourth-order valence-electron chi connectivity index (χ4n) is 1.41. The summed E-state index contributed by atoms with van der Waals surface area (Å²) in [4.78, 5) is 0. The molecule has 0 radical (unpaired) electrons. The molecule has 0 aromatic heterocycles. The van der Waals surface area contributed by atoms with Crippen LogP contribution in [0.3, 0.4) is 0 Å². The lowest BCUT2D eigenvalue weighted by Gasteiger charge is -2.08. The highest BCUT2D eigenvalue weighted by atomic mass is 79.9. The van der Waals surface area contributed by atoms with Gasteiger partial charge in [0.05, 0.1) is 0 Å². The molecule has 0 bridgehead atoms. The second-order valence-corrected chi connectivity index (χ2v) is 5.88. The van der Waals surface area contributed by atoms with Gasteiger partial charge in [0.2, 0.25) is 0 Å². The van der Waals surface area contributed by atoms with Gasteiger partial charge in [-0.2, -0.15) is 0 Å². The molecule has 0 aromatic rings. The third-order valence-corrected chi connectivity index (χ3v) is 4.71. The minimum atomic E-state index is 0.686. The summed E-state index contributed by atoms with van der Waals surface area (Å²) in [7, 11) is 0. The molecule has 0 N–H and O–H groups in total. The van der Waals surface area contributed by atoms with Crippen LogP contribution >= 0.6 is 27.7 Å². The average Bonchev–Trinajstić information content (AvgIpc) is 2.31. The summed E-state index contributed by atoms with van der Waals surface area (Å²) < 4.78 is 0. The van der Waals surface area contributed by atoms with Crippen LogP contribution < -0.4 is 0 Å². The Hall–Kier alpha value is 0.390. The van der Waals surface area contributed by atoms with Gasteiger partial charge in [-0.25, -0.2) is 0 Å². The monoisotopic (exact) mass is 304 g/mol. The van der Waals surface area contributed by atoms with Gasteiger partial charge in [0.15, 0.2) is 0 Å². The molecule has 0 rings (SSSR count). The summed E-state index contributed by atoms with van der Waals surface area (Å²) in [5.41, 5.74) is 0. The SMILES string of the molecule is CCCCC#CSC(CBr)CCCCCC. The molecule has 0 aromatic carbocycles. The first-order valence-electron chi connectivity index (χ1n) is 6.54. The minimum Gasteiger partial charge on any atom is -0.0916 e. The van der Waals surface area contributed by atoms with E-state index in [4.69, 9.17) is 0 Å². The molecule has 0 amide bonds. The molecule has 0 spiro atoms. The lowest BCUT2D eigenvalue weighted by molar-refractivity contribution is 0.634. The molecule has 1 unspecified atom stereocenters. The summed E-state index contributed by atoms with van der Waals surface area (Å²) in [5, 5.41) is 5.01. The van der Waals surface area contributed by atoms with Crippen molar-refractivity contribution in [1.29, 1.82) is 0 Å². The van der Waals surface area contributed by atoms with Crippen molar-refractivity contribution in [2.45, 2.75) is 70.5 Å². The lowest BCUT2D eigenvalue weighted by Crippen LogP contribution is -2.02. The van der Waals surface area contributed by atoms with Crippen molar-refractivity contribution in [2.24, 2.45) is 0 Å². The second-order valence-electron chi connectivity index (χ2n) is 4.13. The van der Waals surface area contributed by atoms with Crippen LogP contribution in [-0.4, -0.2) is 10.6 Å². The zero-order valence-electron chi connectivity index (χ0n) is 10.7. The first kappa shape index (κ1) is 16.4. The smallest absolute Gasteiger partial charge is 0.0268 e. The van der Waals surface area contributed by atoms with Crippen molar-refractivity contribution in [3.8, 4) is 11.2 Å². The van der Waals surface area contributed by atoms with Crippen molar-refractivity contribution < 1.29 is 0 Å². The molecule has 0 heterocycles. The topological polar surface area (TPSA) is 0 Å². The maximum absolute atomic E-state index is 3.58. The van der Waals surface area contributed by atoms with Crippen LogP contribution in [0.5, 0.6) is 0 Å². The summed E-state index contributed by atoms with van der Waals surface area (Å²) in [5.74, 6) is 3.24. The van der Waals surface area contributed by atoms with Gasteiger partial charge in [0, 0.05) is 17.0 Å². The Bertz CT molecular complexity index is 193. The Morgan fingerprint density at radius 3 is 2.44 bits per heavy atom. The van der Waals surface area contributed by atoms with E-state index in [0.29, 0.717) is 5.25 Å². The zero-order chi connectivity index (χ0) is 12.1. The molecule has 0 nitrogen and oxygen atoms in total. The molecule has 0 aliphatic rings. The zero-order valence-corrected chi connectivity index (χ0v) is 13.1. The van der Waals surface area contributed by atoms with Gasteiger partial charge in [0.1, 0.15) is 0 Å². The highest BCUT2D eigenvalue weighted by molar-refractivity contribution is 9.09. The summed E-state index contributed by atoms with van der Waals surface area (Å²) in [6.07, 6.45) is 10.3. The number of unbranched alkanes of at least 4 members (excludes halogenated alkanes) is 5. The molecular weight excluding hydrogens is 280 g/mol. The molecule has 0 fully saturated rings. The van der Waals surface area contributed by atoms with Crippen molar-refractivity contribution in [3.63, 3.8) is 0 Å². The molecule has 1 atom stereocenters. The normalized spacial score (nSPS) is 11.9. The fraction of sp³-hybridized carbons (Fsp3) is 0.857. The molecular formula is C14H25BrS. The van der Waals surface area contributed by atoms with E-state index in [2.05, 4.69) is 41.0 Å². The van der Waals surface area contributed by atoms with Gasteiger partial charge in [-0.15, -0.1) is 0 Å². The highest BCUT2D eigenvalue weighted by Crippen LogP contribution is 2.19. The Kier molecular flexibility index (Phi) is 13.8. The third kappa shape index (κ3) is 10.9. The van der Waals surface area contributed by atoms with E-state index in [-0.39, 0.29) is 0 Å². The Balaban J connectivity index is 3.52. The van der Waals surface area contributed by atoms with Crippen LogP contribution in [0.15, 0.2) is 0 Å². The number of hydrogen-bond donors (Lipinski definition) is 0. The predicted octanol–water partition coefficient (Wildman–Crippen LogP) is 5.60. The van der Waals surface area contributed by atoms with E-state index in [1.165, 1.54) is 44.9 Å². The standard InChI is InChI=1S/C14H25BrS/c1-3-5-7-9-11-14(13-15)16-12-10-8-6-4-2/h14H,3-9,11,13H2,1-2H3. The number of halogens is 1. The van der Waals surface area contributed by atoms with E-state index in [1.807, 2.05) is 11.8 Å². The molecule has 0 aliphatic heterocycles. The maximum atomic E-state index is 3.58. The van der Waals surface area contributed by atoms with Crippen molar-refractivity contribution in [2.75, 3.05) is 5.33 Å². The van der Waals surface area contributed by atoms with Crippen LogP contribution in [0.4, 0.5) is 0 Å². The minimum absolute atomic E-state index is 0.686. The van der Waals surface area contributed by atoms with E-state index in [0.717, 1.165) is 11.8 Å². The quantitative estimate of drug-likeness (QED) is 0.303. The van der Waals surface area contributed by atoms with Gasteiger partial charge in [0.25, 0.3) is 0 Å². The highest BCUT2D eigenvalue weighted by Gasteiger charge is 2.05. The van der Waals surface area contributed by atoms with Gasteiger partial charge < -0.3 is 0 Å². The molecule has 0 saturated heterocycles. The van der Waals surface area contributed by atoms with Crippen LogP contribution in [0.25, 0.3) is 0 Å². The number of hydrogen-bond acceptors (Lipinski definition) is 1. The lowest BCUT2D eigenvalue weighted by atomic mass is 10.1. The molecule has 16 heavy (non-hydrogen) atoms. The number of rotatable bonds is 9. The Morgan fingerprint density at radius 1 is 1.06 bits per heavy atom. The van der Waals surface area contributed by atoms with Crippen molar-refractivity contribution in [1.82, 2.24) is 0 Å². The fourth-order valence-corrected chi connectivity index (χ4v) is 2.83. The number of thioether (sulfide) groups is 1. The second kappa shape index (κ2) is 13.5. The Morgan fingerprint density at radius 2 is 1.81 bits per heavy atom. The predicted molar refractivity (Wildman–Crippen MR) is 81.2 cm³/mol. The maximum Gasteiger partial charge on any atom is 0.0268 e. The Labute approximate surface area is 114 Å². The molecule has 94 valence electrons. The van der Waals surface area contributed by atoms with E-state index >= 15 is 0 Å². The molecule has 0 saturated carbocycles. The van der Waals surface area contributed by atoms with Gasteiger partial charge in [-0.1, -0.05) is 79.6 Å². The van der Waals surface area contributed by atoms with Crippen LogP contribution in [0, 0.1) is 11.2 Å². The summed E-state index contributed by atoms with van der Waals surface area (Å²) in [6, 6.07) is 0. The molecule has 0 aliphatic carbocycles. The van der Waals surface area contributed by atoms with E-state index in [9.17, 15) is 0 Å². The van der Waals surface area contributed by atoms with Crippen LogP contribution in [0.2, 0.25) is 0 Å². The van der Waals surface area contributed by atoms with Crippen molar-refractivity contribution in [3.05, 3.63) is 0 Å². The summed E-state index contributed by atoms with van der Waals surface area (Å²) >= 11 is 5.40.